The van der Waals surface area contributed by atoms with Crippen LogP contribution in [-0.2, 0) is 14.1 Å². The molecule has 0 atom stereocenters. The van der Waals surface area contributed by atoms with Gasteiger partial charge in [-0.25, -0.2) is 14.8 Å². The third kappa shape index (κ3) is 2.68. The summed E-state index contributed by atoms with van der Waals surface area (Å²) in [6.07, 6.45) is 1.30. The Hall–Kier alpha value is -2.75. The third-order valence-corrected chi connectivity index (χ3v) is 3.45. The van der Waals surface area contributed by atoms with E-state index in [4.69, 9.17) is 11.6 Å². The molecule has 0 saturated carbocycles. The Kier molecular flexibility index (Phi) is 4.19. The summed E-state index contributed by atoms with van der Waals surface area (Å²) in [6.45, 7) is 0. The molecule has 2 heterocycles. The number of hydrogen-bond donors (Lipinski definition) is 0. The molecule has 11 heteroatoms. The predicted molar refractivity (Wildman–Crippen MR) is 85.7 cm³/mol. The van der Waals surface area contributed by atoms with Crippen LogP contribution in [0.4, 0.5) is 11.5 Å². The summed E-state index contributed by atoms with van der Waals surface area (Å²) in [5.41, 5.74) is -2.04. The van der Waals surface area contributed by atoms with E-state index >= 15 is 0 Å². The quantitative estimate of drug-likeness (QED) is 0.346. The Labute approximate surface area is 134 Å². The molecule has 0 fully saturated rings. The normalized spacial score (nSPS) is 11.3. The van der Waals surface area contributed by atoms with Crippen LogP contribution in [0.3, 0.4) is 0 Å². The molecular formula is C12H13ClN6O4. The second-order valence-corrected chi connectivity index (χ2v) is 5.35. The molecule has 0 saturated heterocycles. The summed E-state index contributed by atoms with van der Waals surface area (Å²) >= 11 is 6.06. The van der Waals surface area contributed by atoms with Crippen molar-refractivity contribution in [3.05, 3.63) is 36.0 Å². The van der Waals surface area contributed by atoms with Crippen molar-refractivity contribution in [2.75, 3.05) is 14.1 Å². The highest BCUT2D eigenvalue weighted by atomic mass is 35.5. The first-order valence-corrected chi connectivity index (χ1v) is 6.68. The highest BCUT2D eigenvalue weighted by Crippen LogP contribution is 2.36. The van der Waals surface area contributed by atoms with Crippen molar-refractivity contribution in [1.82, 2.24) is 19.0 Å². The molecule has 10 nitrogen and oxygen atoms in total. The van der Waals surface area contributed by atoms with Gasteiger partial charge >= 0.3 is 11.4 Å². The summed E-state index contributed by atoms with van der Waals surface area (Å²) in [7, 11) is 5.98. The molecule has 0 aliphatic carbocycles. The van der Waals surface area contributed by atoms with Gasteiger partial charge in [-0.05, 0) is 0 Å². The number of pyridine rings is 1. The molecule has 0 aliphatic rings. The van der Waals surface area contributed by atoms with Gasteiger partial charge in [0.15, 0.2) is 5.65 Å². The largest absolute Gasteiger partial charge is 0.369 e. The van der Waals surface area contributed by atoms with Crippen LogP contribution < -0.4 is 11.2 Å². The van der Waals surface area contributed by atoms with E-state index in [0.29, 0.717) is 0 Å². The number of aryl methyl sites for hydroxylation is 1. The Morgan fingerprint density at radius 3 is 2.43 bits per heavy atom. The lowest BCUT2D eigenvalue weighted by molar-refractivity contribution is -0.384. The zero-order valence-corrected chi connectivity index (χ0v) is 13.5. The number of aromatic nitrogens is 3. The van der Waals surface area contributed by atoms with Crippen molar-refractivity contribution < 1.29 is 4.92 Å². The van der Waals surface area contributed by atoms with E-state index in [0.717, 1.165) is 9.13 Å². The van der Waals surface area contributed by atoms with Crippen LogP contribution in [0.5, 0.6) is 0 Å². The van der Waals surface area contributed by atoms with Crippen molar-refractivity contribution in [3.63, 3.8) is 0 Å². The van der Waals surface area contributed by atoms with E-state index in [9.17, 15) is 19.7 Å². The van der Waals surface area contributed by atoms with Gasteiger partial charge in [-0.15, -0.1) is 0 Å². The molecule has 0 aromatic carbocycles. The van der Waals surface area contributed by atoms with Gasteiger partial charge in [-0.2, -0.15) is 0 Å². The Morgan fingerprint density at radius 2 is 1.91 bits per heavy atom. The van der Waals surface area contributed by atoms with Crippen molar-refractivity contribution in [2.24, 2.45) is 19.1 Å². The number of fused-ring (bicyclic) bond motifs is 1. The van der Waals surface area contributed by atoms with Gasteiger partial charge < -0.3 is 4.90 Å². The van der Waals surface area contributed by atoms with E-state index in [1.807, 2.05) is 0 Å². The molecule has 0 unspecified atom stereocenters. The molecular weight excluding hydrogens is 328 g/mol. The van der Waals surface area contributed by atoms with E-state index in [-0.39, 0.29) is 16.9 Å². The number of hydrogen-bond acceptors (Lipinski definition) is 6. The SMILES string of the molecule is CN(C)C=Nc1nc2c(c(Cl)c1[N+](=O)[O-])c(=O)n(C)c(=O)n2C. The lowest BCUT2D eigenvalue weighted by Crippen LogP contribution is -2.37. The minimum absolute atomic E-state index is 0.0698. The summed E-state index contributed by atoms with van der Waals surface area (Å²) in [6, 6.07) is 0. The number of aliphatic imine (C=N–C) groups is 1. The third-order valence-electron chi connectivity index (χ3n) is 3.08. The summed E-state index contributed by atoms with van der Waals surface area (Å²) in [5, 5.41) is 10.7. The van der Waals surface area contributed by atoms with E-state index in [1.54, 1.807) is 19.0 Å². The number of rotatable bonds is 3. The smallest absolute Gasteiger partial charge is 0.333 e. The van der Waals surface area contributed by atoms with E-state index in [2.05, 4.69) is 9.98 Å². The van der Waals surface area contributed by atoms with Gasteiger partial charge in [0.2, 0.25) is 5.82 Å². The minimum atomic E-state index is -0.762. The molecule has 2 aromatic rings. The van der Waals surface area contributed by atoms with Crippen LogP contribution in [0.2, 0.25) is 5.02 Å². The fourth-order valence-corrected chi connectivity index (χ4v) is 2.27. The maximum Gasteiger partial charge on any atom is 0.333 e. The highest BCUT2D eigenvalue weighted by molar-refractivity contribution is 6.37. The van der Waals surface area contributed by atoms with Crippen molar-refractivity contribution in [2.45, 2.75) is 0 Å². The maximum absolute atomic E-state index is 12.2. The van der Waals surface area contributed by atoms with Crippen LogP contribution in [0.25, 0.3) is 11.0 Å². The minimum Gasteiger partial charge on any atom is -0.369 e. The van der Waals surface area contributed by atoms with Gasteiger partial charge in [0.05, 0.1) is 11.3 Å². The van der Waals surface area contributed by atoms with Crippen molar-refractivity contribution in [1.29, 1.82) is 0 Å². The average Bonchev–Trinajstić information content (AvgIpc) is 2.47. The number of nitro groups is 1. The first-order valence-electron chi connectivity index (χ1n) is 6.31. The average molecular weight is 341 g/mol. The molecule has 0 N–H and O–H groups in total. The lowest BCUT2D eigenvalue weighted by atomic mass is 10.3. The first kappa shape index (κ1) is 16.6. The highest BCUT2D eigenvalue weighted by Gasteiger charge is 2.27. The van der Waals surface area contributed by atoms with E-state index < -0.39 is 26.9 Å². The topological polar surface area (TPSA) is 116 Å². The molecule has 0 amide bonds. The van der Waals surface area contributed by atoms with Gasteiger partial charge in [0.1, 0.15) is 10.4 Å². The summed E-state index contributed by atoms with van der Waals surface area (Å²) in [4.78, 5) is 44.2. The van der Waals surface area contributed by atoms with Crippen LogP contribution in [0, 0.1) is 10.1 Å². The second kappa shape index (κ2) is 5.80. The van der Waals surface area contributed by atoms with Crippen molar-refractivity contribution in [3.8, 4) is 0 Å². The molecule has 0 radical (unpaired) electrons. The molecule has 0 bridgehead atoms. The van der Waals surface area contributed by atoms with Gasteiger partial charge in [-0.1, -0.05) is 11.6 Å². The maximum atomic E-state index is 12.2. The van der Waals surface area contributed by atoms with Crippen molar-refractivity contribution >= 4 is 40.5 Å². The summed E-state index contributed by atoms with van der Waals surface area (Å²) in [5.74, 6) is -0.288. The zero-order chi connectivity index (χ0) is 17.5. The van der Waals surface area contributed by atoms with Crippen LogP contribution >= 0.6 is 11.6 Å². The number of nitrogens with zero attached hydrogens (tertiary/aromatic N) is 6. The van der Waals surface area contributed by atoms with Gasteiger partial charge in [0.25, 0.3) is 5.56 Å². The molecule has 0 spiro atoms. The monoisotopic (exact) mass is 340 g/mol. The second-order valence-electron chi connectivity index (χ2n) is 4.97. The molecule has 122 valence electrons. The first-order chi connectivity index (χ1) is 10.7. The fraction of sp³-hybridized carbons (Fsp3) is 0.333. The fourth-order valence-electron chi connectivity index (χ4n) is 1.95. The summed E-state index contributed by atoms with van der Waals surface area (Å²) < 4.78 is 1.89. The Bertz CT molecular complexity index is 959. The van der Waals surface area contributed by atoms with Gasteiger partial charge in [0, 0.05) is 28.2 Å². The van der Waals surface area contributed by atoms with E-state index in [1.165, 1.54) is 20.4 Å². The number of halogens is 1. The van der Waals surface area contributed by atoms with Crippen LogP contribution in [0.1, 0.15) is 0 Å². The standard InChI is InChI=1S/C12H13ClN6O4/c1-16(2)5-14-9-8(19(22)23)7(13)6-10(15-9)17(3)12(21)18(4)11(6)20/h5H,1-4H3. The lowest BCUT2D eigenvalue weighted by Gasteiger charge is -2.09. The van der Waals surface area contributed by atoms with Crippen LogP contribution in [-0.4, -0.2) is 44.4 Å². The molecule has 2 aromatic heterocycles. The van der Waals surface area contributed by atoms with Gasteiger partial charge in [-0.3, -0.25) is 24.0 Å². The Morgan fingerprint density at radius 1 is 1.30 bits per heavy atom. The molecule has 23 heavy (non-hydrogen) atoms. The molecule has 0 aliphatic heterocycles. The van der Waals surface area contributed by atoms with Crippen LogP contribution in [0.15, 0.2) is 14.6 Å². The molecule has 2 rings (SSSR count). The Balaban J connectivity index is 3.06. The predicted octanol–water partition coefficient (Wildman–Crippen LogP) is 0.415. The zero-order valence-electron chi connectivity index (χ0n) is 12.8.